The number of carbonyl (C=O) groups is 2. The van der Waals surface area contributed by atoms with Gasteiger partial charge in [-0.15, -0.1) is 0 Å². The van der Waals surface area contributed by atoms with Crippen molar-refractivity contribution in [1.29, 1.82) is 0 Å². The van der Waals surface area contributed by atoms with E-state index in [2.05, 4.69) is 12.3 Å². The van der Waals surface area contributed by atoms with Crippen LogP contribution in [0.5, 0.6) is 0 Å². The fourth-order valence-electron chi connectivity index (χ4n) is 3.25. The van der Waals surface area contributed by atoms with Crippen molar-refractivity contribution in [3.8, 4) is 0 Å². The highest BCUT2D eigenvalue weighted by Crippen LogP contribution is 2.13. The minimum absolute atomic E-state index is 0.00120. The number of carbonyl (C=O) groups excluding carboxylic acids is 1. The van der Waals surface area contributed by atoms with Crippen LogP contribution in [0.25, 0.3) is 0 Å². The first-order chi connectivity index (χ1) is 14.0. The van der Waals surface area contributed by atoms with Crippen molar-refractivity contribution in [2.45, 2.75) is 130 Å². The van der Waals surface area contributed by atoms with Gasteiger partial charge in [-0.2, -0.15) is 0 Å². The van der Waals surface area contributed by atoms with E-state index >= 15 is 0 Å². The maximum atomic E-state index is 10.4. The fourth-order valence-corrected chi connectivity index (χ4v) is 3.25. The molecule has 0 radical (unpaired) electrons. The van der Waals surface area contributed by atoms with E-state index in [1.54, 1.807) is 0 Å². The molecule has 0 fully saturated rings. The van der Waals surface area contributed by atoms with Crippen LogP contribution in [0.15, 0.2) is 0 Å². The molecular weight excluding hydrogens is 364 g/mol. The Morgan fingerprint density at radius 3 is 1.24 bits per heavy atom. The lowest BCUT2D eigenvalue weighted by Crippen LogP contribution is -2.40. The largest absolute Gasteiger partial charge is 0.481 e. The third-order valence-electron chi connectivity index (χ3n) is 5.07. The number of hydrogen-bond donors (Lipinski definition) is 2. The van der Waals surface area contributed by atoms with Gasteiger partial charge in [-0.05, 0) is 6.42 Å². The maximum absolute atomic E-state index is 10.4. The van der Waals surface area contributed by atoms with Gasteiger partial charge in [0.1, 0.15) is 0 Å². The van der Waals surface area contributed by atoms with Crippen LogP contribution in [0.3, 0.4) is 0 Å². The van der Waals surface area contributed by atoms with Gasteiger partial charge >= 0.3 is 5.97 Å². The quantitative estimate of drug-likeness (QED) is 0.182. The Labute approximate surface area is 181 Å². The highest BCUT2D eigenvalue weighted by molar-refractivity contribution is 5.72. The molecule has 0 saturated carbocycles. The lowest BCUT2D eigenvalue weighted by atomic mass is 10.0. The Balaban J connectivity index is 0. The highest BCUT2D eigenvalue weighted by atomic mass is 16.4. The molecule has 5 heteroatoms. The molecule has 174 valence electrons. The average molecular weight is 415 g/mol. The van der Waals surface area contributed by atoms with Crippen molar-refractivity contribution >= 4 is 11.9 Å². The summed E-state index contributed by atoms with van der Waals surface area (Å²) in [4.78, 5) is 20.8. The molecule has 0 aromatic carbocycles. The second-order valence-electron chi connectivity index (χ2n) is 7.93. The summed E-state index contributed by atoms with van der Waals surface area (Å²) >= 11 is 0. The van der Waals surface area contributed by atoms with Gasteiger partial charge in [-0.25, -0.2) is 5.01 Å². The Bertz CT molecular complexity index is 358. The first kappa shape index (κ1) is 30.1. The van der Waals surface area contributed by atoms with Crippen molar-refractivity contribution in [3.05, 3.63) is 0 Å². The third kappa shape index (κ3) is 29.2. The lowest BCUT2D eigenvalue weighted by Gasteiger charge is -2.17. The predicted molar refractivity (Wildman–Crippen MR) is 124 cm³/mol. The SMILES string of the molecule is CCCCCCCCCCCCCCCCCC(=O)O.CCN(CC)NC(C)=O. The van der Waals surface area contributed by atoms with E-state index in [1.165, 1.54) is 90.4 Å². The van der Waals surface area contributed by atoms with Crippen molar-refractivity contribution in [2.24, 2.45) is 0 Å². The fraction of sp³-hybridized carbons (Fsp3) is 0.917. The Morgan fingerprint density at radius 1 is 0.655 bits per heavy atom. The first-order valence-electron chi connectivity index (χ1n) is 12.2. The number of hydrazine groups is 1. The van der Waals surface area contributed by atoms with Crippen LogP contribution < -0.4 is 5.43 Å². The van der Waals surface area contributed by atoms with Crippen LogP contribution in [0.2, 0.25) is 0 Å². The van der Waals surface area contributed by atoms with Gasteiger partial charge < -0.3 is 5.11 Å². The van der Waals surface area contributed by atoms with Crippen LogP contribution in [-0.4, -0.2) is 35.1 Å². The van der Waals surface area contributed by atoms with Crippen LogP contribution in [-0.2, 0) is 9.59 Å². The van der Waals surface area contributed by atoms with Gasteiger partial charge in [-0.1, -0.05) is 111 Å². The second kappa shape index (κ2) is 24.9. The molecule has 0 bridgehead atoms. The summed E-state index contributed by atoms with van der Waals surface area (Å²) < 4.78 is 0. The number of amides is 1. The lowest BCUT2D eigenvalue weighted by molar-refractivity contribution is -0.137. The average Bonchev–Trinajstić information content (AvgIpc) is 2.69. The van der Waals surface area contributed by atoms with Gasteiger partial charge in [0.2, 0.25) is 5.91 Å². The minimum atomic E-state index is -0.653. The van der Waals surface area contributed by atoms with E-state index in [9.17, 15) is 9.59 Å². The number of carboxylic acid groups (broad SMARTS) is 1. The van der Waals surface area contributed by atoms with E-state index in [1.807, 2.05) is 18.9 Å². The van der Waals surface area contributed by atoms with Crippen molar-refractivity contribution in [1.82, 2.24) is 10.4 Å². The minimum Gasteiger partial charge on any atom is -0.481 e. The molecule has 0 aromatic rings. The molecule has 0 aliphatic rings. The molecule has 0 aliphatic heterocycles. The number of aliphatic carboxylic acids is 1. The second-order valence-corrected chi connectivity index (χ2v) is 7.93. The molecule has 0 aliphatic carbocycles. The summed E-state index contributed by atoms with van der Waals surface area (Å²) in [6.45, 7) is 9.50. The van der Waals surface area contributed by atoms with E-state index in [0.29, 0.717) is 6.42 Å². The zero-order valence-corrected chi connectivity index (χ0v) is 19.9. The van der Waals surface area contributed by atoms with Crippen LogP contribution >= 0.6 is 0 Å². The summed E-state index contributed by atoms with van der Waals surface area (Å²) in [6.07, 6.45) is 20.2. The molecule has 0 aromatic heterocycles. The Hall–Kier alpha value is -1.10. The monoisotopic (exact) mass is 414 g/mol. The van der Waals surface area contributed by atoms with E-state index < -0.39 is 5.97 Å². The topological polar surface area (TPSA) is 69.6 Å². The molecule has 2 N–H and O–H groups in total. The number of nitrogens with zero attached hydrogens (tertiary/aromatic N) is 1. The van der Waals surface area contributed by atoms with E-state index in [-0.39, 0.29) is 5.91 Å². The number of carboxylic acids is 1. The van der Waals surface area contributed by atoms with E-state index in [0.717, 1.165) is 25.9 Å². The number of rotatable bonds is 19. The summed E-state index contributed by atoms with van der Waals surface area (Å²) in [5.74, 6) is -0.654. The number of unbranched alkanes of at least 4 members (excludes halogenated alkanes) is 14. The summed E-state index contributed by atoms with van der Waals surface area (Å²) in [7, 11) is 0. The molecule has 0 saturated heterocycles. The van der Waals surface area contributed by atoms with Gasteiger partial charge in [0, 0.05) is 26.4 Å². The van der Waals surface area contributed by atoms with Crippen molar-refractivity contribution < 1.29 is 14.7 Å². The normalized spacial score (nSPS) is 10.5. The third-order valence-corrected chi connectivity index (χ3v) is 5.07. The zero-order chi connectivity index (χ0) is 22.2. The van der Waals surface area contributed by atoms with E-state index in [4.69, 9.17) is 5.11 Å². The van der Waals surface area contributed by atoms with Crippen LogP contribution in [0.4, 0.5) is 0 Å². The molecule has 0 heterocycles. The molecule has 0 spiro atoms. The van der Waals surface area contributed by atoms with Crippen molar-refractivity contribution in [3.63, 3.8) is 0 Å². The molecule has 0 rings (SSSR count). The smallest absolute Gasteiger partial charge is 0.303 e. The zero-order valence-electron chi connectivity index (χ0n) is 19.9. The summed E-state index contributed by atoms with van der Waals surface area (Å²) in [6, 6.07) is 0. The van der Waals surface area contributed by atoms with Crippen molar-refractivity contribution in [2.75, 3.05) is 13.1 Å². The summed E-state index contributed by atoms with van der Waals surface area (Å²) in [5, 5.41) is 10.4. The van der Waals surface area contributed by atoms with Gasteiger partial charge in [0.15, 0.2) is 0 Å². The van der Waals surface area contributed by atoms with Gasteiger partial charge in [0.05, 0.1) is 0 Å². The van der Waals surface area contributed by atoms with Gasteiger partial charge in [0.25, 0.3) is 0 Å². The van der Waals surface area contributed by atoms with Gasteiger partial charge in [-0.3, -0.25) is 15.0 Å². The first-order valence-corrected chi connectivity index (χ1v) is 12.2. The molecule has 1 amide bonds. The van der Waals surface area contributed by atoms with Crippen LogP contribution in [0.1, 0.15) is 130 Å². The molecule has 0 atom stereocenters. The standard InChI is InChI=1S/C18H36O2.C6H14N2O/c1-2-3-4-5-6-7-8-9-10-11-12-13-14-15-16-17-18(19)20;1-4-8(5-2)7-6(3)9/h2-17H2,1H3,(H,19,20);4-5H2,1-3H3,(H,7,9). The maximum Gasteiger partial charge on any atom is 0.303 e. The van der Waals surface area contributed by atoms with Crippen LogP contribution in [0, 0.1) is 0 Å². The molecular formula is C24H50N2O3. The molecule has 5 nitrogen and oxygen atoms in total. The summed E-state index contributed by atoms with van der Waals surface area (Å²) in [5.41, 5.74) is 2.67. The number of nitrogens with one attached hydrogen (secondary N) is 1. The Kier molecular flexibility index (Phi) is 25.9. The highest BCUT2D eigenvalue weighted by Gasteiger charge is 1.98. The molecule has 0 unspecified atom stereocenters. The number of hydrogen-bond acceptors (Lipinski definition) is 3. The molecule has 29 heavy (non-hydrogen) atoms. The predicted octanol–water partition coefficient (Wildman–Crippen LogP) is 6.71. The Morgan fingerprint density at radius 2 is 1.00 bits per heavy atom.